The van der Waals surface area contributed by atoms with Gasteiger partial charge in [0.2, 0.25) is 5.95 Å². The van der Waals surface area contributed by atoms with Crippen molar-refractivity contribution in [3.05, 3.63) is 23.6 Å². The Morgan fingerprint density at radius 3 is 3.00 bits per heavy atom. The predicted octanol–water partition coefficient (Wildman–Crippen LogP) is 1.36. The third-order valence-corrected chi connectivity index (χ3v) is 5.57. The second kappa shape index (κ2) is 7.53. The number of halogens is 1. The lowest BCUT2D eigenvalue weighted by Crippen LogP contribution is -2.32. The summed E-state index contributed by atoms with van der Waals surface area (Å²) in [7, 11) is -4.23. The van der Waals surface area contributed by atoms with E-state index in [9.17, 15) is 14.3 Å². The molecule has 3 rings (SSSR count). The van der Waals surface area contributed by atoms with Crippen LogP contribution in [0, 0.1) is 5.92 Å². The summed E-state index contributed by atoms with van der Waals surface area (Å²) in [5.41, 5.74) is 6.57. The molecule has 5 N–H and O–H groups in total. The highest BCUT2D eigenvalue weighted by atomic mass is 35.5. The second-order valence-corrected chi connectivity index (χ2v) is 8.07. The van der Waals surface area contributed by atoms with Crippen LogP contribution in [0.1, 0.15) is 19.4 Å². The fourth-order valence-corrected chi connectivity index (χ4v) is 4.04. The van der Waals surface area contributed by atoms with Crippen LogP contribution in [0.15, 0.2) is 18.5 Å². The molecule has 0 fully saturated rings. The number of nitrogens with two attached hydrogens (primary N) is 1. The van der Waals surface area contributed by atoms with E-state index in [0.717, 1.165) is 0 Å². The zero-order valence-corrected chi connectivity index (χ0v) is 15.8. The summed E-state index contributed by atoms with van der Waals surface area (Å²) in [5, 5.41) is 11.0. The number of imidazole rings is 1. The molecule has 1 aliphatic rings. The van der Waals surface area contributed by atoms with Crippen molar-refractivity contribution in [3.63, 3.8) is 0 Å². The Morgan fingerprint density at radius 1 is 1.56 bits per heavy atom. The van der Waals surface area contributed by atoms with E-state index < -0.39 is 19.8 Å². The molecule has 4 atom stereocenters. The Bertz CT molecular complexity index is 949. The molecule has 0 amide bonds. The van der Waals surface area contributed by atoms with E-state index in [2.05, 4.69) is 20.0 Å². The molecule has 0 aromatic carbocycles. The monoisotopic (exact) mass is 416 g/mol. The molecule has 2 heterocycles. The van der Waals surface area contributed by atoms with Crippen molar-refractivity contribution >= 4 is 42.4 Å². The highest BCUT2D eigenvalue weighted by molar-refractivity contribution is 7.50. The summed E-state index contributed by atoms with van der Waals surface area (Å²) in [5.74, 6) is -1.36. The van der Waals surface area contributed by atoms with Crippen LogP contribution in [-0.4, -0.2) is 48.1 Å². The average Bonchev–Trinajstić information content (AvgIpc) is 3.18. The molecule has 0 saturated heterocycles. The predicted molar refractivity (Wildman–Crippen MR) is 97.0 cm³/mol. The molecule has 13 heteroatoms. The minimum atomic E-state index is -4.23. The molecule has 2 aromatic heterocycles. The van der Waals surface area contributed by atoms with Crippen LogP contribution >= 0.6 is 19.3 Å². The first kappa shape index (κ1) is 19.7. The number of hydrogen-bond donors (Lipinski definition) is 4. The molecule has 0 bridgehead atoms. The van der Waals surface area contributed by atoms with Gasteiger partial charge in [-0.05, 0) is 13.3 Å². The second-order valence-electron chi connectivity index (χ2n) is 6.15. The molecule has 2 aromatic rings. The standard InChI is InChI=1S/C14H18ClN6O5P/c1-7(13(22)23)20-27(24,25)26-5-8-2-3-9(4-8)21-6-17-10-11(15)18-14(16)19-12(10)21/h2-3,6-9H,4-5H2,1H3,(H,22,23)(H2,16,18,19)(H2,20,24,25)/t7?,8-,9+/m1/s1. The lowest BCUT2D eigenvalue weighted by atomic mass is 10.1. The minimum absolute atomic E-state index is 0.0379. The van der Waals surface area contributed by atoms with Gasteiger partial charge in [0, 0.05) is 5.92 Å². The number of rotatable bonds is 7. The third-order valence-electron chi connectivity index (χ3n) is 4.09. The van der Waals surface area contributed by atoms with Crippen molar-refractivity contribution in [1.82, 2.24) is 24.6 Å². The smallest absolute Gasteiger partial charge is 0.403 e. The molecule has 0 saturated carbocycles. The lowest BCUT2D eigenvalue weighted by molar-refractivity contribution is -0.138. The highest BCUT2D eigenvalue weighted by Crippen LogP contribution is 2.40. The average molecular weight is 417 g/mol. The number of nitrogens with one attached hydrogen (secondary N) is 1. The first-order chi connectivity index (χ1) is 12.7. The van der Waals surface area contributed by atoms with Gasteiger partial charge in [-0.2, -0.15) is 9.97 Å². The minimum Gasteiger partial charge on any atom is -0.480 e. The van der Waals surface area contributed by atoms with Crippen LogP contribution in [0.5, 0.6) is 0 Å². The number of hydrogen-bond acceptors (Lipinski definition) is 7. The normalized spacial score (nSPS) is 22.8. The zero-order chi connectivity index (χ0) is 19.8. The first-order valence-electron chi connectivity index (χ1n) is 7.98. The Morgan fingerprint density at radius 2 is 2.30 bits per heavy atom. The van der Waals surface area contributed by atoms with Crippen molar-refractivity contribution in [3.8, 4) is 0 Å². The molecule has 11 nitrogen and oxygen atoms in total. The molecule has 0 radical (unpaired) electrons. The number of fused-ring (bicyclic) bond motifs is 1. The molecule has 1 aliphatic carbocycles. The largest absolute Gasteiger partial charge is 0.480 e. The van der Waals surface area contributed by atoms with Crippen LogP contribution in [0.4, 0.5) is 5.95 Å². The van der Waals surface area contributed by atoms with Crippen molar-refractivity contribution < 1.29 is 23.9 Å². The van der Waals surface area contributed by atoms with E-state index in [4.69, 9.17) is 27.0 Å². The van der Waals surface area contributed by atoms with Gasteiger partial charge in [0.05, 0.1) is 19.0 Å². The Hall–Kier alpha value is -2.04. The highest BCUT2D eigenvalue weighted by Gasteiger charge is 2.29. The molecule has 27 heavy (non-hydrogen) atoms. The van der Waals surface area contributed by atoms with Crippen molar-refractivity contribution in [2.24, 2.45) is 5.92 Å². The third kappa shape index (κ3) is 4.45. The van der Waals surface area contributed by atoms with Crippen molar-refractivity contribution in [1.29, 1.82) is 0 Å². The molecule has 146 valence electrons. The van der Waals surface area contributed by atoms with E-state index in [1.54, 1.807) is 10.9 Å². The van der Waals surface area contributed by atoms with E-state index in [-0.39, 0.29) is 29.7 Å². The maximum Gasteiger partial charge on any atom is 0.403 e. The molecule has 0 aliphatic heterocycles. The molecule has 0 spiro atoms. The number of allylic oxidation sites excluding steroid dienone is 1. The lowest BCUT2D eigenvalue weighted by Gasteiger charge is -2.18. The number of carboxylic acid groups (broad SMARTS) is 1. The number of aromatic nitrogens is 4. The topological polar surface area (TPSA) is 165 Å². The Kier molecular flexibility index (Phi) is 5.50. The summed E-state index contributed by atoms with van der Waals surface area (Å²) < 4.78 is 18.7. The van der Waals surface area contributed by atoms with E-state index in [1.807, 2.05) is 12.2 Å². The van der Waals surface area contributed by atoms with Crippen molar-refractivity contribution in [2.75, 3.05) is 12.3 Å². The number of nitrogens with zero attached hydrogens (tertiary/aromatic N) is 4. The van der Waals surface area contributed by atoms with Gasteiger partial charge in [0.1, 0.15) is 11.6 Å². The van der Waals surface area contributed by atoms with Crippen LogP contribution < -0.4 is 10.8 Å². The summed E-state index contributed by atoms with van der Waals surface area (Å²) in [6, 6.07) is -1.32. The number of aliphatic carboxylic acids is 1. The van der Waals surface area contributed by atoms with Crippen molar-refractivity contribution in [2.45, 2.75) is 25.4 Å². The Labute approximate surface area is 158 Å². The number of nitrogen functional groups attached to an aromatic ring is 1. The number of carboxylic acids is 1. The van der Waals surface area contributed by atoms with Gasteiger partial charge in [-0.1, -0.05) is 23.8 Å². The summed E-state index contributed by atoms with van der Waals surface area (Å²) in [4.78, 5) is 32.7. The van der Waals surface area contributed by atoms with Gasteiger partial charge in [-0.25, -0.2) is 14.6 Å². The quantitative estimate of drug-likeness (QED) is 0.294. The molecular formula is C14H18ClN6O5P. The van der Waals surface area contributed by atoms with E-state index in [0.29, 0.717) is 17.6 Å². The maximum absolute atomic E-state index is 11.9. The van der Waals surface area contributed by atoms with Crippen LogP contribution in [0.3, 0.4) is 0 Å². The molecular weight excluding hydrogens is 399 g/mol. The number of carbonyl (C=O) groups is 1. The van der Waals surface area contributed by atoms with Gasteiger partial charge in [-0.15, -0.1) is 0 Å². The maximum atomic E-state index is 11.9. The van der Waals surface area contributed by atoms with Crippen LogP contribution in [-0.2, 0) is 13.9 Å². The van der Waals surface area contributed by atoms with Crippen LogP contribution in [0.25, 0.3) is 11.2 Å². The number of anilines is 1. The fraction of sp³-hybridized carbons (Fsp3) is 0.429. The SMILES string of the molecule is CC(NP(=O)(O)OC[C@@H]1C=C[C@H](n2cnc3c(Cl)nc(N)nc32)C1)C(=O)O. The van der Waals surface area contributed by atoms with Gasteiger partial charge >= 0.3 is 13.7 Å². The van der Waals surface area contributed by atoms with E-state index >= 15 is 0 Å². The summed E-state index contributed by atoms with van der Waals surface area (Å²) >= 11 is 6.02. The summed E-state index contributed by atoms with van der Waals surface area (Å²) in [6.45, 7) is 1.20. The van der Waals surface area contributed by atoms with Gasteiger partial charge in [0.25, 0.3) is 0 Å². The zero-order valence-electron chi connectivity index (χ0n) is 14.2. The van der Waals surface area contributed by atoms with Gasteiger partial charge in [-0.3, -0.25) is 9.32 Å². The van der Waals surface area contributed by atoms with E-state index in [1.165, 1.54) is 6.92 Å². The van der Waals surface area contributed by atoms with Gasteiger partial charge < -0.3 is 20.3 Å². The first-order valence-corrected chi connectivity index (χ1v) is 9.93. The fourth-order valence-electron chi connectivity index (χ4n) is 2.76. The van der Waals surface area contributed by atoms with Crippen LogP contribution in [0.2, 0.25) is 5.15 Å². The van der Waals surface area contributed by atoms with Gasteiger partial charge in [0.15, 0.2) is 10.8 Å². The Balaban J connectivity index is 1.64. The molecule has 2 unspecified atom stereocenters. The summed E-state index contributed by atoms with van der Waals surface area (Å²) in [6.07, 6.45) is 5.90.